The van der Waals surface area contributed by atoms with Gasteiger partial charge in [-0.25, -0.2) is 9.97 Å². The highest BCUT2D eigenvalue weighted by Gasteiger charge is 2.08. The second-order valence-corrected chi connectivity index (χ2v) is 4.01. The van der Waals surface area contributed by atoms with Gasteiger partial charge in [-0.1, -0.05) is 12.1 Å². The molecule has 3 N–H and O–H groups in total. The number of anilines is 2. The molecule has 0 aliphatic rings. The Labute approximate surface area is 105 Å². The summed E-state index contributed by atoms with van der Waals surface area (Å²) in [6.07, 6.45) is 0. The minimum atomic E-state index is -0.484. The summed E-state index contributed by atoms with van der Waals surface area (Å²) in [7, 11) is 0. The van der Waals surface area contributed by atoms with E-state index < -0.39 is 5.91 Å². The van der Waals surface area contributed by atoms with Crippen molar-refractivity contribution in [3.63, 3.8) is 0 Å². The van der Waals surface area contributed by atoms with Crippen LogP contribution in [0.15, 0.2) is 30.3 Å². The molecule has 0 atom stereocenters. The summed E-state index contributed by atoms with van der Waals surface area (Å²) in [6, 6.07) is 8.88. The van der Waals surface area contributed by atoms with Crippen LogP contribution in [-0.4, -0.2) is 15.9 Å². The van der Waals surface area contributed by atoms with Gasteiger partial charge in [-0.15, -0.1) is 0 Å². The number of primary amides is 1. The first-order valence-corrected chi connectivity index (χ1v) is 5.54. The summed E-state index contributed by atoms with van der Waals surface area (Å²) < 4.78 is 0. The quantitative estimate of drug-likeness (QED) is 0.861. The van der Waals surface area contributed by atoms with E-state index >= 15 is 0 Å². The molecule has 1 amide bonds. The molecule has 0 radical (unpaired) electrons. The molecule has 0 fully saturated rings. The van der Waals surface area contributed by atoms with Crippen molar-refractivity contribution < 1.29 is 4.79 Å². The number of nitrogens with one attached hydrogen (secondary N) is 1. The van der Waals surface area contributed by atoms with Gasteiger partial charge in [0.05, 0.1) is 11.3 Å². The number of carbonyl (C=O) groups excluding carboxylic acids is 1. The molecule has 5 heteroatoms. The van der Waals surface area contributed by atoms with Crippen LogP contribution in [0.3, 0.4) is 0 Å². The summed E-state index contributed by atoms with van der Waals surface area (Å²) in [5, 5.41) is 3.01. The van der Waals surface area contributed by atoms with Crippen LogP contribution in [0, 0.1) is 13.8 Å². The third-order valence-corrected chi connectivity index (χ3v) is 2.42. The second kappa shape index (κ2) is 4.83. The van der Waals surface area contributed by atoms with E-state index in [1.807, 2.05) is 26.0 Å². The first-order valence-electron chi connectivity index (χ1n) is 5.54. The number of nitrogens with two attached hydrogens (primary N) is 1. The normalized spacial score (nSPS) is 10.1. The van der Waals surface area contributed by atoms with Crippen LogP contribution in [0.25, 0.3) is 0 Å². The molecule has 0 spiro atoms. The van der Waals surface area contributed by atoms with Gasteiger partial charge in [-0.05, 0) is 32.0 Å². The zero-order valence-corrected chi connectivity index (χ0v) is 10.3. The molecule has 0 aliphatic heterocycles. The average molecular weight is 242 g/mol. The van der Waals surface area contributed by atoms with Crippen LogP contribution in [0.1, 0.15) is 21.7 Å². The number of hydrogen-bond donors (Lipinski definition) is 2. The smallest absolute Gasteiger partial charge is 0.250 e. The van der Waals surface area contributed by atoms with Crippen LogP contribution in [0.4, 0.5) is 11.6 Å². The number of nitrogens with zero attached hydrogens (tertiary/aromatic N) is 2. The Bertz CT molecular complexity index is 575. The first-order chi connectivity index (χ1) is 8.56. The summed E-state index contributed by atoms with van der Waals surface area (Å²) >= 11 is 0. The molecule has 92 valence electrons. The number of rotatable bonds is 3. The minimum Gasteiger partial charge on any atom is -0.366 e. The monoisotopic (exact) mass is 242 g/mol. The third-order valence-electron chi connectivity index (χ3n) is 2.42. The van der Waals surface area contributed by atoms with Crippen molar-refractivity contribution in [3.05, 3.63) is 47.3 Å². The van der Waals surface area contributed by atoms with Gasteiger partial charge in [-0.3, -0.25) is 4.79 Å². The molecule has 0 aliphatic carbocycles. The maximum absolute atomic E-state index is 11.3. The molecule has 1 heterocycles. The molecular weight excluding hydrogens is 228 g/mol. The summed E-state index contributed by atoms with van der Waals surface area (Å²) in [5.74, 6) is -0.0244. The largest absolute Gasteiger partial charge is 0.366 e. The van der Waals surface area contributed by atoms with Crippen molar-refractivity contribution in [1.29, 1.82) is 0 Å². The molecule has 1 aromatic heterocycles. The fourth-order valence-corrected chi connectivity index (χ4v) is 1.71. The van der Waals surface area contributed by atoms with E-state index in [1.165, 1.54) is 0 Å². The number of para-hydroxylation sites is 1. The van der Waals surface area contributed by atoms with E-state index in [0.717, 1.165) is 11.4 Å². The fraction of sp³-hybridized carbons (Fsp3) is 0.154. The Morgan fingerprint density at radius 3 is 2.39 bits per heavy atom. The highest BCUT2D eigenvalue weighted by Crippen LogP contribution is 2.18. The van der Waals surface area contributed by atoms with Crippen LogP contribution < -0.4 is 11.1 Å². The number of benzene rings is 1. The number of amides is 1. The van der Waals surface area contributed by atoms with E-state index in [9.17, 15) is 4.79 Å². The number of aryl methyl sites for hydroxylation is 2. The Kier molecular flexibility index (Phi) is 3.23. The van der Waals surface area contributed by atoms with E-state index in [4.69, 9.17) is 5.73 Å². The van der Waals surface area contributed by atoms with Gasteiger partial charge in [0.1, 0.15) is 0 Å². The highest BCUT2D eigenvalue weighted by molar-refractivity contribution is 5.98. The zero-order chi connectivity index (χ0) is 13.1. The fourth-order valence-electron chi connectivity index (χ4n) is 1.71. The predicted octanol–water partition coefficient (Wildman–Crippen LogP) is 1.94. The molecule has 2 aromatic rings. The summed E-state index contributed by atoms with van der Waals surface area (Å²) in [4.78, 5) is 19.8. The molecule has 18 heavy (non-hydrogen) atoms. The van der Waals surface area contributed by atoms with E-state index in [1.54, 1.807) is 18.2 Å². The lowest BCUT2D eigenvalue weighted by Gasteiger charge is -2.09. The zero-order valence-electron chi connectivity index (χ0n) is 10.3. The van der Waals surface area contributed by atoms with E-state index in [0.29, 0.717) is 17.2 Å². The van der Waals surface area contributed by atoms with Gasteiger partial charge in [0.2, 0.25) is 5.95 Å². The number of carbonyl (C=O) groups is 1. The Morgan fingerprint density at radius 2 is 1.78 bits per heavy atom. The van der Waals surface area contributed by atoms with Crippen molar-refractivity contribution in [2.24, 2.45) is 5.73 Å². The van der Waals surface area contributed by atoms with Gasteiger partial charge in [0, 0.05) is 11.4 Å². The maximum Gasteiger partial charge on any atom is 0.250 e. The number of aromatic nitrogens is 2. The molecule has 2 rings (SSSR count). The van der Waals surface area contributed by atoms with Crippen molar-refractivity contribution >= 4 is 17.5 Å². The third kappa shape index (κ3) is 2.63. The number of hydrogen-bond acceptors (Lipinski definition) is 4. The van der Waals surface area contributed by atoms with E-state index in [-0.39, 0.29) is 0 Å². The van der Waals surface area contributed by atoms with Crippen LogP contribution in [0.2, 0.25) is 0 Å². The minimum absolute atomic E-state index is 0.417. The lowest BCUT2D eigenvalue weighted by molar-refractivity contribution is 0.100. The van der Waals surface area contributed by atoms with Crippen molar-refractivity contribution in [2.75, 3.05) is 5.32 Å². The van der Waals surface area contributed by atoms with Gasteiger partial charge in [-0.2, -0.15) is 0 Å². The molecule has 0 saturated heterocycles. The molecule has 5 nitrogen and oxygen atoms in total. The van der Waals surface area contributed by atoms with Gasteiger partial charge >= 0.3 is 0 Å². The Balaban J connectivity index is 2.37. The van der Waals surface area contributed by atoms with Gasteiger partial charge in [0.15, 0.2) is 0 Å². The molecule has 0 unspecified atom stereocenters. The molecule has 1 aromatic carbocycles. The predicted molar refractivity (Wildman–Crippen MR) is 69.7 cm³/mol. The first kappa shape index (κ1) is 12.0. The van der Waals surface area contributed by atoms with Crippen molar-refractivity contribution in [1.82, 2.24) is 9.97 Å². The van der Waals surface area contributed by atoms with Gasteiger partial charge in [0.25, 0.3) is 5.91 Å². The molecule has 0 bridgehead atoms. The van der Waals surface area contributed by atoms with Gasteiger partial charge < -0.3 is 11.1 Å². The lowest BCUT2D eigenvalue weighted by Crippen LogP contribution is -2.13. The maximum atomic E-state index is 11.3. The lowest BCUT2D eigenvalue weighted by atomic mass is 10.1. The standard InChI is InChI=1S/C13H14N4O/c1-8-7-9(2)16-13(15-8)17-11-6-4-3-5-10(11)12(14)18/h3-7H,1-2H3,(H2,14,18)(H,15,16,17). The van der Waals surface area contributed by atoms with Crippen molar-refractivity contribution in [2.45, 2.75) is 13.8 Å². The summed E-state index contributed by atoms with van der Waals surface area (Å²) in [6.45, 7) is 3.78. The Morgan fingerprint density at radius 1 is 1.17 bits per heavy atom. The second-order valence-electron chi connectivity index (χ2n) is 4.01. The van der Waals surface area contributed by atoms with Crippen molar-refractivity contribution in [3.8, 4) is 0 Å². The highest BCUT2D eigenvalue weighted by atomic mass is 16.1. The summed E-state index contributed by atoms with van der Waals surface area (Å²) in [5.41, 5.74) is 8.06. The topological polar surface area (TPSA) is 80.9 Å². The molecular formula is C13H14N4O. The van der Waals surface area contributed by atoms with Crippen LogP contribution >= 0.6 is 0 Å². The Hall–Kier alpha value is -2.43. The van der Waals surface area contributed by atoms with Crippen LogP contribution in [0.5, 0.6) is 0 Å². The average Bonchev–Trinajstić information content (AvgIpc) is 2.27. The SMILES string of the molecule is Cc1cc(C)nc(Nc2ccccc2C(N)=O)n1. The van der Waals surface area contributed by atoms with E-state index in [2.05, 4.69) is 15.3 Å². The van der Waals surface area contributed by atoms with Crippen LogP contribution in [-0.2, 0) is 0 Å². The molecule has 0 saturated carbocycles.